The molecule has 80 valence electrons. The van der Waals surface area contributed by atoms with Crippen molar-refractivity contribution >= 4 is 5.82 Å². The fourth-order valence-corrected chi connectivity index (χ4v) is 1.21. The van der Waals surface area contributed by atoms with Crippen molar-refractivity contribution in [2.75, 3.05) is 26.4 Å². The smallest absolute Gasteiger partial charge is 0.121 e. The Kier molecular flexibility index (Phi) is 3.52. The highest BCUT2D eigenvalue weighted by Gasteiger charge is 2.07. The molecule has 0 aliphatic heterocycles. The van der Waals surface area contributed by atoms with E-state index >= 15 is 0 Å². The second-order valence-corrected chi connectivity index (χ2v) is 4.18. The summed E-state index contributed by atoms with van der Waals surface area (Å²) < 4.78 is 1.87. The van der Waals surface area contributed by atoms with Crippen LogP contribution in [0, 0.1) is 0 Å². The van der Waals surface area contributed by atoms with E-state index in [0.29, 0.717) is 5.92 Å². The van der Waals surface area contributed by atoms with Crippen LogP contribution in [0.1, 0.15) is 25.5 Å². The summed E-state index contributed by atoms with van der Waals surface area (Å²) in [5.74, 6) is 1.20. The lowest BCUT2D eigenvalue weighted by atomic mass is 10.1. The molecule has 1 aromatic heterocycles. The first-order chi connectivity index (χ1) is 6.50. The number of likely N-dealkylation sites (N-methyl/N-ethyl adjacent to an activating group) is 1. The molecule has 0 amide bonds. The Morgan fingerprint density at radius 3 is 2.57 bits per heavy atom. The van der Waals surface area contributed by atoms with Crippen LogP contribution < -0.4 is 5.73 Å². The minimum absolute atomic E-state index is 0.443. The molecule has 0 spiro atoms. The van der Waals surface area contributed by atoms with Crippen LogP contribution in [-0.2, 0) is 6.54 Å². The lowest BCUT2D eigenvalue weighted by Gasteiger charge is -2.10. The number of hydrogen-bond acceptors (Lipinski definition) is 3. The van der Waals surface area contributed by atoms with E-state index in [1.807, 2.05) is 24.8 Å². The summed E-state index contributed by atoms with van der Waals surface area (Å²) in [4.78, 5) is 2.12. The zero-order chi connectivity index (χ0) is 10.7. The molecule has 0 aliphatic rings. The molecule has 0 saturated carbocycles. The summed E-state index contributed by atoms with van der Waals surface area (Å²) in [7, 11) is 4.09. The molecule has 4 heteroatoms. The second-order valence-electron chi connectivity index (χ2n) is 4.18. The summed E-state index contributed by atoms with van der Waals surface area (Å²) in [6, 6.07) is 1.96. The molecular weight excluding hydrogens is 176 g/mol. The maximum Gasteiger partial charge on any atom is 0.121 e. The Bertz CT molecular complexity index is 288. The number of nitrogen functional groups attached to an aromatic ring is 1. The van der Waals surface area contributed by atoms with Gasteiger partial charge in [-0.25, -0.2) is 4.68 Å². The van der Waals surface area contributed by atoms with Gasteiger partial charge in [0.25, 0.3) is 0 Å². The first-order valence-corrected chi connectivity index (χ1v) is 4.98. The van der Waals surface area contributed by atoms with Gasteiger partial charge in [0.1, 0.15) is 5.82 Å². The number of rotatable bonds is 4. The Morgan fingerprint density at radius 1 is 1.50 bits per heavy atom. The molecule has 4 nitrogen and oxygen atoms in total. The van der Waals surface area contributed by atoms with Gasteiger partial charge in [0.05, 0.1) is 12.2 Å². The molecule has 0 aliphatic carbocycles. The highest BCUT2D eigenvalue weighted by molar-refractivity contribution is 5.31. The predicted molar refractivity (Wildman–Crippen MR) is 59.3 cm³/mol. The maximum atomic E-state index is 5.85. The average Bonchev–Trinajstić information content (AvgIpc) is 2.43. The minimum Gasteiger partial charge on any atom is -0.384 e. The first kappa shape index (κ1) is 11.0. The zero-order valence-corrected chi connectivity index (χ0v) is 9.49. The Hall–Kier alpha value is -1.03. The van der Waals surface area contributed by atoms with E-state index in [-0.39, 0.29) is 0 Å². The fourth-order valence-electron chi connectivity index (χ4n) is 1.21. The van der Waals surface area contributed by atoms with Crippen LogP contribution >= 0.6 is 0 Å². The van der Waals surface area contributed by atoms with Crippen molar-refractivity contribution in [3.8, 4) is 0 Å². The summed E-state index contributed by atoms with van der Waals surface area (Å²) in [5.41, 5.74) is 6.92. The van der Waals surface area contributed by atoms with Gasteiger partial charge in [-0.3, -0.25) is 0 Å². The Balaban J connectivity index is 2.67. The highest BCUT2D eigenvalue weighted by Crippen LogP contribution is 2.15. The van der Waals surface area contributed by atoms with Crippen molar-refractivity contribution < 1.29 is 0 Å². The van der Waals surface area contributed by atoms with Crippen LogP contribution in [0.4, 0.5) is 5.82 Å². The number of anilines is 1. The summed E-state index contributed by atoms with van der Waals surface area (Å²) in [6.45, 7) is 6.06. The average molecular weight is 196 g/mol. The quantitative estimate of drug-likeness (QED) is 0.786. The van der Waals surface area contributed by atoms with Gasteiger partial charge < -0.3 is 10.6 Å². The molecule has 1 aromatic rings. The van der Waals surface area contributed by atoms with Crippen molar-refractivity contribution in [1.82, 2.24) is 14.7 Å². The number of aromatic nitrogens is 2. The third-order valence-corrected chi connectivity index (χ3v) is 2.18. The van der Waals surface area contributed by atoms with Gasteiger partial charge in [-0.15, -0.1) is 0 Å². The highest BCUT2D eigenvalue weighted by atomic mass is 15.3. The van der Waals surface area contributed by atoms with E-state index in [1.165, 1.54) is 0 Å². The zero-order valence-electron chi connectivity index (χ0n) is 9.49. The molecule has 1 heterocycles. The van der Waals surface area contributed by atoms with Crippen molar-refractivity contribution in [2.24, 2.45) is 0 Å². The first-order valence-electron chi connectivity index (χ1n) is 4.98. The van der Waals surface area contributed by atoms with Gasteiger partial charge in [0.2, 0.25) is 0 Å². The molecule has 0 unspecified atom stereocenters. The van der Waals surface area contributed by atoms with Crippen LogP contribution in [0.3, 0.4) is 0 Å². The van der Waals surface area contributed by atoms with Crippen molar-refractivity contribution in [3.63, 3.8) is 0 Å². The van der Waals surface area contributed by atoms with Gasteiger partial charge in [-0.2, -0.15) is 5.10 Å². The molecule has 14 heavy (non-hydrogen) atoms. The minimum atomic E-state index is 0.443. The van der Waals surface area contributed by atoms with E-state index in [2.05, 4.69) is 23.8 Å². The lowest BCUT2D eigenvalue weighted by Crippen LogP contribution is -2.20. The SMILES string of the molecule is CC(C)c1cc(N)n(CCN(C)C)n1. The Morgan fingerprint density at radius 2 is 2.14 bits per heavy atom. The van der Waals surface area contributed by atoms with Crippen LogP contribution in [0.25, 0.3) is 0 Å². The summed E-state index contributed by atoms with van der Waals surface area (Å²) in [5, 5.41) is 4.45. The standard InChI is InChI=1S/C10H20N4/c1-8(2)9-7-10(11)14(12-9)6-5-13(3)4/h7-8H,5-6,11H2,1-4H3. The molecule has 0 bridgehead atoms. The lowest BCUT2D eigenvalue weighted by molar-refractivity contribution is 0.374. The van der Waals surface area contributed by atoms with E-state index in [1.54, 1.807) is 0 Å². The van der Waals surface area contributed by atoms with Gasteiger partial charge in [0.15, 0.2) is 0 Å². The van der Waals surface area contributed by atoms with Gasteiger partial charge in [-0.05, 0) is 20.0 Å². The summed E-state index contributed by atoms with van der Waals surface area (Å²) >= 11 is 0. The largest absolute Gasteiger partial charge is 0.384 e. The van der Waals surface area contributed by atoms with E-state index in [0.717, 1.165) is 24.6 Å². The number of hydrogen-bond donors (Lipinski definition) is 1. The molecule has 2 N–H and O–H groups in total. The molecule has 0 saturated heterocycles. The van der Waals surface area contributed by atoms with E-state index < -0.39 is 0 Å². The third kappa shape index (κ3) is 2.73. The third-order valence-electron chi connectivity index (χ3n) is 2.18. The van der Waals surface area contributed by atoms with E-state index in [9.17, 15) is 0 Å². The maximum absolute atomic E-state index is 5.85. The fraction of sp³-hybridized carbons (Fsp3) is 0.700. The normalized spacial score (nSPS) is 11.6. The van der Waals surface area contributed by atoms with Crippen molar-refractivity contribution in [2.45, 2.75) is 26.3 Å². The van der Waals surface area contributed by atoms with Crippen LogP contribution in [0.15, 0.2) is 6.07 Å². The van der Waals surface area contributed by atoms with Crippen LogP contribution in [-0.4, -0.2) is 35.3 Å². The molecular formula is C10H20N4. The number of nitrogens with zero attached hydrogens (tertiary/aromatic N) is 3. The molecule has 0 aromatic carbocycles. The van der Waals surface area contributed by atoms with Gasteiger partial charge in [-0.1, -0.05) is 13.8 Å². The topological polar surface area (TPSA) is 47.1 Å². The molecule has 0 radical (unpaired) electrons. The Labute approximate surface area is 85.7 Å². The molecule has 1 rings (SSSR count). The monoisotopic (exact) mass is 196 g/mol. The van der Waals surface area contributed by atoms with Crippen molar-refractivity contribution in [1.29, 1.82) is 0 Å². The summed E-state index contributed by atoms with van der Waals surface area (Å²) in [6.07, 6.45) is 0. The number of nitrogens with two attached hydrogens (primary N) is 1. The van der Waals surface area contributed by atoms with E-state index in [4.69, 9.17) is 5.73 Å². The molecule has 0 fully saturated rings. The van der Waals surface area contributed by atoms with Crippen LogP contribution in [0.5, 0.6) is 0 Å². The molecule has 0 atom stereocenters. The van der Waals surface area contributed by atoms with Gasteiger partial charge >= 0.3 is 0 Å². The van der Waals surface area contributed by atoms with Crippen molar-refractivity contribution in [3.05, 3.63) is 11.8 Å². The van der Waals surface area contributed by atoms with Crippen LogP contribution in [0.2, 0.25) is 0 Å². The van der Waals surface area contributed by atoms with Gasteiger partial charge in [0, 0.05) is 12.6 Å². The predicted octanol–water partition coefficient (Wildman–Crippen LogP) is 1.15. The second kappa shape index (κ2) is 4.46.